The van der Waals surface area contributed by atoms with Crippen molar-refractivity contribution < 1.29 is 43.1 Å². The molecule has 0 radical (unpaired) electrons. The number of hydrogen-bond acceptors (Lipinski definition) is 5. The Morgan fingerprint density at radius 3 is 2.07 bits per heavy atom. The minimum atomic E-state index is -5.19. The van der Waals surface area contributed by atoms with Crippen molar-refractivity contribution in [2.24, 2.45) is 0 Å². The van der Waals surface area contributed by atoms with Crippen LogP contribution < -0.4 is 16.2 Å². The van der Waals surface area contributed by atoms with Crippen molar-refractivity contribution in [3.8, 4) is 0 Å². The molecular formula is C19H19F3N2O5. The third kappa shape index (κ3) is 7.62. The van der Waals surface area contributed by atoms with Crippen molar-refractivity contribution in [2.75, 3.05) is 11.9 Å². The molecule has 0 aliphatic carbocycles. The Morgan fingerprint density at radius 1 is 1.07 bits per heavy atom. The number of carboxylic acid groups (broad SMARTS) is 1. The Labute approximate surface area is 164 Å². The van der Waals surface area contributed by atoms with Crippen molar-refractivity contribution >= 4 is 29.2 Å². The Hall–Kier alpha value is -3.40. The minimum absolute atomic E-state index is 0.232. The first kappa shape index (κ1) is 23.6. The monoisotopic (exact) mass is 412 g/mol. The highest BCUT2D eigenvalue weighted by atomic mass is 19.4. The Kier molecular flexibility index (Phi) is 8.34. The molecule has 7 nitrogen and oxygen atoms in total. The smallest absolute Gasteiger partial charge is 0.430 e. The number of anilines is 1. The number of halogens is 3. The summed E-state index contributed by atoms with van der Waals surface area (Å²) in [5.74, 6) is -3.63. The molecule has 0 atom stereocenters. The molecule has 0 heterocycles. The fraction of sp³-hybridized carbons (Fsp3) is 0.211. The van der Waals surface area contributed by atoms with E-state index in [1.54, 1.807) is 31.2 Å². The molecule has 4 N–H and O–H groups in total. The minimum Gasteiger partial charge on any atom is -0.542 e. The fourth-order valence-electron chi connectivity index (χ4n) is 1.97. The van der Waals surface area contributed by atoms with Gasteiger partial charge in [-0.25, -0.2) is 4.79 Å². The van der Waals surface area contributed by atoms with Gasteiger partial charge in [-0.3, -0.25) is 4.79 Å². The number of carbonyl (C=O) groups is 3. The third-order valence-electron chi connectivity index (χ3n) is 3.44. The van der Waals surface area contributed by atoms with Gasteiger partial charge in [-0.2, -0.15) is 13.2 Å². The second kappa shape index (κ2) is 10.2. The molecule has 0 saturated carbocycles. The molecular weight excluding hydrogens is 393 g/mol. The maximum atomic E-state index is 12.2. The van der Waals surface area contributed by atoms with Gasteiger partial charge in [-0.15, -0.1) is 0 Å². The molecule has 0 aromatic heterocycles. The predicted octanol–water partition coefficient (Wildman–Crippen LogP) is 1.60. The van der Waals surface area contributed by atoms with Crippen molar-refractivity contribution in [3.05, 3.63) is 59.2 Å². The number of hydrogen-bond donors (Lipinski definition) is 2. The van der Waals surface area contributed by atoms with Gasteiger partial charge >= 0.3 is 12.1 Å². The summed E-state index contributed by atoms with van der Waals surface area (Å²) in [7, 11) is 0. The molecule has 0 spiro atoms. The predicted molar refractivity (Wildman–Crippen MR) is 95.1 cm³/mol. The van der Waals surface area contributed by atoms with E-state index in [-0.39, 0.29) is 5.91 Å². The highest BCUT2D eigenvalue weighted by molar-refractivity contribution is 6.05. The number of ether oxygens (including phenoxy) is 1. The first-order valence-electron chi connectivity index (χ1n) is 8.25. The molecule has 0 aliphatic heterocycles. The first-order valence-corrected chi connectivity index (χ1v) is 8.25. The maximum Gasteiger partial charge on any atom is 0.430 e. The van der Waals surface area contributed by atoms with Gasteiger partial charge in [0.25, 0.3) is 5.91 Å². The second-order valence-corrected chi connectivity index (χ2v) is 5.69. The van der Waals surface area contributed by atoms with Gasteiger partial charge in [0.2, 0.25) is 0 Å². The van der Waals surface area contributed by atoms with Crippen LogP contribution in [0.15, 0.2) is 42.5 Å². The van der Waals surface area contributed by atoms with E-state index in [2.05, 4.69) is 11.1 Å². The molecule has 29 heavy (non-hydrogen) atoms. The summed E-state index contributed by atoms with van der Waals surface area (Å²) in [6.45, 7) is 3.99. The van der Waals surface area contributed by atoms with Crippen LogP contribution in [0.4, 0.5) is 24.5 Å². The number of amides is 1. The average molecular weight is 412 g/mol. The van der Waals surface area contributed by atoms with Gasteiger partial charge in [0.05, 0.1) is 12.2 Å². The summed E-state index contributed by atoms with van der Waals surface area (Å²) in [5.41, 5.74) is 7.27. The topological polar surface area (TPSA) is 123 Å². The van der Waals surface area contributed by atoms with Crippen molar-refractivity contribution in [2.45, 2.75) is 20.0 Å². The summed E-state index contributed by atoms with van der Waals surface area (Å²) in [4.78, 5) is 32.6. The highest BCUT2D eigenvalue weighted by Gasteiger charge is 2.28. The zero-order valence-corrected chi connectivity index (χ0v) is 15.6. The summed E-state index contributed by atoms with van der Waals surface area (Å²) in [6.07, 6.45) is -5.19. The number of nitrogens with one attached hydrogen (secondary N) is 1. The molecule has 1 amide bonds. The largest absolute Gasteiger partial charge is 0.542 e. The van der Waals surface area contributed by atoms with Gasteiger partial charge in [-0.1, -0.05) is 6.07 Å². The maximum absolute atomic E-state index is 12.2. The average Bonchev–Trinajstić information content (AvgIpc) is 2.64. The van der Waals surface area contributed by atoms with E-state index < -0.39 is 18.1 Å². The molecule has 10 heteroatoms. The van der Waals surface area contributed by atoms with E-state index in [0.717, 1.165) is 16.9 Å². The number of carboxylic acids is 1. The molecule has 0 bridgehead atoms. The van der Waals surface area contributed by atoms with Crippen LogP contribution in [0.2, 0.25) is 0 Å². The normalized spacial score (nSPS) is 10.4. The van der Waals surface area contributed by atoms with Gasteiger partial charge in [0, 0.05) is 17.3 Å². The molecule has 2 rings (SSSR count). The number of carbonyl (C=O) groups excluding carboxylic acids is 3. The zero-order valence-electron chi connectivity index (χ0n) is 15.6. The quantitative estimate of drug-likeness (QED) is 0.739. The van der Waals surface area contributed by atoms with Crippen LogP contribution in [0.3, 0.4) is 0 Å². The van der Waals surface area contributed by atoms with Crippen LogP contribution in [-0.2, 0) is 9.53 Å². The van der Waals surface area contributed by atoms with Crippen molar-refractivity contribution in [3.63, 3.8) is 0 Å². The van der Waals surface area contributed by atoms with E-state index in [1.165, 1.54) is 0 Å². The van der Waals surface area contributed by atoms with Gasteiger partial charge in [-0.05, 0) is 49.7 Å². The van der Waals surface area contributed by atoms with E-state index >= 15 is 0 Å². The lowest BCUT2D eigenvalue weighted by Crippen LogP contribution is -2.40. The molecule has 0 saturated heterocycles. The second-order valence-electron chi connectivity index (χ2n) is 5.69. The van der Waals surface area contributed by atoms with E-state index in [4.69, 9.17) is 14.6 Å². The van der Waals surface area contributed by atoms with Gasteiger partial charge < -0.3 is 25.7 Å². The molecule has 0 unspecified atom stereocenters. The summed E-state index contributed by atoms with van der Waals surface area (Å²) >= 11 is 0. The lowest BCUT2D eigenvalue weighted by Gasteiger charge is -2.09. The standard InChI is InChI=1S/C17H18N2O3.C2HF3O2/c1-3-22-17(21)13-7-5-12(6-8-13)16(20)19-15-10-14(18)9-4-11(15)2;3-2(4,5)1(6)7/h4-10H,3,18H2,1-2H3,(H,19,20);(H,6,7). The van der Waals surface area contributed by atoms with Gasteiger partial charge in [0.15, 0.2) is 0 Å². The van der Waals surface area contributed by atoms with E-state index in [1.807, 2.05) is 25.1 Å². The summed E-state index contributed by atoms with van der Waals surface area (Å²) in [6, 6.07) is 12.0. The van der Waals surface area contributed by atoms with Crippen molar-refractivity contribution in [1.29, 1.82) is 0 Å². The number of esters is 1. The van der Waals surface area contributed by atoms with Crippen LogP contribution in [0.5, 0.6) is 0 Å². The summed E-state index contributed by atoms with van der Waals surface area (Å²) in [5, 5.41) is 11.6. The van der Waals surface area contributed by atoms with Crippen LogP contribution in [0.1, 0.15) is 33.2 Å². The highest BCUT2D eigenvalue weighted by Crippen LogP contribution is 2.18. The number of aryl methyl sites for hydroxylation is 1. The number of alkyl halides is 3. The van der Waals surface area contributed by atoms with Crippen molar-refractivity contribution in [1.82, 2.24) is 0 Å². The van der Waals surface area contributed by atoms with Gasteiger partial charge in [0.1, 0.15) is 11.7 Å². The third-order valence-corrected chi connectivity index (χ3v) is 3.44. The number of quaternary nitrogens is 1. The lowest BCUT2D eigenvalue weighted by atomic mass is 10.1. The SMILES string of the molecule is CCOC(=O)c1ccc(C(=O)Nc2cc([NH3+])ccc2C)cc1.O=C([O-])C(F)(F)F. The number of aliphatic carboxylic acids is 1. The number of rotatable bonds is 4. The summed E-state index contributed by atoms with van der Waals surface area (Å²) < 4.78 is 36.5. The molecule has 156 valence electrons. The zero-order chi connectivity index (χ0) is 22.2. The molecule has 0 fully saturated rings. The first-order chi connectivity index (χ1) is 13.5. The lowest BCUT2D eigenvalue weighted by molar-refractivity contribution is -0.344. The molecule has 0 aliphatic rings. The van der Waals surface area contributed by atoms with Crippen LogP contribution in [0, 0.1) is 6.92 Å². The van der Waals surface area contributed by atoms with Crippen LogP contribution in [-0.4, -0.2) is 30.6 Å². The van der Waals surface area contributed by atoms with Crippen LogP contribution >= 0.6 is 0 Å². The Bertz CT molecular complexity index is 880. The fourth-order valence-corrected chi connectivity index (χ4v) is 1.97. The van der Waals surface area contributed by atoms with E-state index in [9.17, 15) is 22.8 Å². The van der Waals surface area contributed by atoms with Crippen LogP contribution in [0.25, 0.3) is 0 Å². The molecule has 2 aromatic carbocycles. The Morgan fingerprint density at radius 2 is 1.59 bits per heavy atom. The number of benzene rings is 2. The Balaban J connectivity index is 0.000000516. The molecule has 2 aromatic rings. The van der Waals surface area contributed by atoms with E-state index in [0.29, 0.717) is 17.7 Å².